The molecule has 0 N–H and O–H groups in total. The average molecular weight is 417 g/mol. The summed E-state index contributed by atoms with van der Waals surface area (Å²) in [6, 6.07) is 10.5. The molecule has 0 aliphatic carbocycles. The fraction of sp³-hybridized carbons (Fsp3) is 0.217. The monoisotopic (exact) mass is 417 g/mol. The van der Waals surface area contributed by atoms with Crippen molar-refractivity contribution in [3.8, 4) is 12.3 Å². The van der Waals surface area contributed by atoms with Crippen LogP contribution in [0.1, 0.15) is 34.3 Å². The van der Waals surface area contributed by atoms with Crippen LogP contribution >= 0.6 is 11.3 Å². The normalized spacial score (nSPS) is 14.6. The van der Waals surface area contributed by atoms with Crippen molar-refractivity contribution in [2.45, 2.75) is 33.2 Å². The van der Waals surface area contributed by atoms with Crippen molar-refractivity contribution in [1.29, 1.82) is 0 Å². The first kappa shape index (κ1) is 19.8. The Bertz CT molecular complexity index is 1290. The van der Waals surface area contributed by atoms with E-state index >= 15 is 0 Å². The van der Waals surface area contributed by atoms with Crippen molar-refractivity contribution in [2.75, 3.05) is 4.90 Å². The summed E-state index contributed by atoms with van der Waals surface area (Å²) in [7, 11) is 0. The molecule has 2 aromatic carbocycles. The van der Waals surface area contributed by atoms with Crippen molar-refractivity contribution in [2.24, 2.45) is 4.99 Å². The van der Waals surface area contributed by atoms with Crippen molar-refractivity contribution < 1.29 is 14.4 Å². The molecule has 3 amide bonds. The first-order chi connectivity index (χ1) is 14.4. The second-order valence-electron chi connectivity index (χ2n) is 7.19. The quantitative estimate of drug-likeness (QED) is 0.485. The molecule has 1 fully saturated rings. The second kappa shape index (κ2) is 7.73. The number of hydrogen-bond acceptors (Lipinski definition) is 4. The van der Waals surface area contributed by atoms with Crippen LogP contribution in [0.5, 0.6) is 0 Å². The van der Waals surface area contributed by atoms with E-state index in [0.717, 1.165) is 26.2 Å². The molecule has 0 saturated carbocycles. The van der Waals surface area contributed by atoms with Gasteiger partial charge in [-0.1, -0.05) is 23.3 Å². The molecule has 0 radical (unpaired) electrons. The lowest BCUT2D eigenvalue weighted by Crippen LogP contribution is -2.28. The van der Waals surface area contributed by atoms with Crippen LogP contribution in [0, 0.1) is 26.2 Å². The van der Waals surface area contributed by atoms with E-state index in [-0.39, 0.29) is 24.7 Å². The standard InChI is InChI=1S/C23H19N3O3S/c1-4-11-25-21-15(3)12-14(2)13-18(21)30-23(25)24-22(29)16-5-7-17(8-6-16)26-19(27)9-10-20(26)28/h1,5-8,12-13H,9-11H2,2-3H3. The van der Waals surface area contributed by atoms with Gasteiger partial charge in [0.1, 0.15) is 0 Å². The molecule has 0 atom stereocenters. The van der Waals surface area contributed by atoms with Crippen molar-refractivity contribution in [3.63, 3.8) is 0 Å². The number of imide groups is 1. The first-order valence-electron chi connectivity index (χ1n) is 9.48. The summed E-state index contributed by atoms with van der Waals surface area (Å²) in [6.07, 6.45) is 5.98. The Hall–Kier alpha value is -3.50. The summed E-state index contributed by atoms with van der Waals surface area (Å²) in [5, 5.41) is 0. The van der Waals surface area contributed by atoms with Crippen LogP contribution in [0.25, 0.3) is 10.2 Å². The van der Waals surface area contributed by atoms with Crippen molar-refractivity contribution >= 4 is 45.0 Å². The number of rotatable bonds is 3. The highest BCUT2D eigenvalue weighted by Crippen LogP contribution is 2.24. The Morgan fingerprint density at radius 1 is 1.13 bits per heavy atom. The first-order valence-corrected chi connectivity index (χ1v) is 10.3. The summed E-state index contributed by atoms with van der Waals surface area (Å²) >= 11 is 1.42. The summed E-state index contributed by atoms with van der Waals surface area (Å²) in [4.78, 5) is 42.6. The van der Waals surface area contributed by atoms with Gasteiger partial charge in [0.2, 0.25) is 11.8 Å². The van der Waals surface area contributed by atoms with E-state index in [1.807, 2.05) is 18.4 Å². The minimum absolute atomic E-state index is 0.217. The van der Waals surface area contributed by atoms with E-state index in [2.05, 4.69) is 23.0 Å². The maximum absolute atomic E-state index is 12.8. The second-order valence-corrected chi connectivity index (χ2v) is 8.20. The number of hydrogen-bond donors (Lipinski definition) is 0. The average Bonchev–Trinajstić information content (AvgIpc) is 3.21. The molecule has 1 saturated heterocycles. The number of carbonyl (C=O) groups excluding carboxylic acids is 3. The highest BCUT2D eigenvalue weighted by atomic mass is 32.1. The molecule has 6 nitrogen and oxygen atoms in total. The van der Waals surface area contributed by atoms with Crippen molar-refractivity contribution in [1.82, 2.24) is 4.57 Å². The smallest absolute Gasteiger partial charge is 0.279 e. The molecule has 3 aromatic rings. The number of carbonyl (C=O) groups is 3. The molecule has 1 aliphatic rings. The third-order valence-electron chi connectivity index (χ3n) is 4.98. The highest BCUT2D eigenvalue weighted by Gasteiger charge is 2.30. The third-order valence-corrected chi connectivity index (χ3v) is 6.01. The third kappa shape index (κ3) is 3.46. The van der Waals surface area contributed by atoms with Crippen LogP contribution in [-0.2, 0) is 16.1 Å². The van der Waals surface area contributed by atoms with Gasteiger partial charge in [-0.05, 0) is 55.3 Å². The molecule has 0 bridgehead atoms. The summed E-state index contributed by atoms with van der Waals surface area (Å²) in [5.74, 6) is 1.77. The molecule has 150 valence electrons. The van der Waals surface area contributed by atoms with Gasteiger partial charge < -0.3 is 4.57 Å². The Kier molecular flexibility index (Phi) is 5.10. The summed E-state index contributed by atoms with van der Waals surface area (Å²) in [6.45, 7) is 4.35. The molecule has 30 heavy (non-hydrogen) atoms. The van der Waals surface area contributed by atoms with Crippen LogP contribution < -0.4 is 9.70 Å². The Morgan fingerprint density at radius 2 is 1.80 bits per heavy atom. The van der Waals surface area contributed by atoms with Crippen LogP contribution in [0.15, 0.2) is 41.4 Å². The lowest BCUT2D eigenvalue weighted by atomic mass is 10.1. The number of fused-ring (bicyclic) bond motifs is 1. The van der Waals surface area contributed by atoms with Crippen LogP contribution in [0.2, 0.25) is 0 Å². The molecule has 1 aliphatic heterocycles. The van der Waals surface area contributed by atoms with Gasteiger partial charge in [0.25, 0.3) is 5.91 Å². The van der Waals surface area contributed by atoms with Gasteiger partial charge in [-0.15, -0.1) is 6.42 Å². The molecule has 0 spiro atoms. The molecule has 2 heterocycles. The van der Waals surface area contributed by atoms with Crippen LogP contribution in [-0.4, -0.2) is 22.3 Å². The lowest BCUT2D eigenvalue weighted by molar-refractivity contribution is -0.121. The number of anilines is 1. The number of benzene rings is 2. The molecule has 4 rings (SSSR count). The number of aromatic nitrogens is 1. The molecule has 7 heteroatoms. The predicted molar refractivity (Wildman–Crippen MR) is 116 cm³/mol. The lowest BCUT2D eigenvalue weighted by Gasteiger charge is -2.13. The van der Waals surface area contributed by atoms with E-state index in [9.17, 15) is 14.4 Å². The number of amides is 3. The van der Waals surface area contributed by atoms with Gasteiger partial charge in [0, 0.05) is 18.4 Å². The van der Waals surface area contributed by atoms with E-state index in [1.54, 1.807) is 24.3 Å². The summed E-state index contributed by atoms with van der Waals surface area (Å²) in [5.41, 5.74) is 4.03. The van der Waals surface area contributed by atoms with Gasteiger partial charge in [0.05, 0.1) is 22.4 Å². The Morgan fingerprint density at radius 3 is 2.43 bits per heavy atom. The molecule has 0 unspecified atom stereocenters. The largest absolute Gasteiger partial charge is 0.304 e. The fourth-order valence-corrected chi connectivity index (χ4v) is 4.89. The van der Waals surface area contributed by atoms with E-state index in [0.29, 0.717) is 22.6 Å². The Balaban J connectivity index is 1.72. The van der Waals surface area contributed by atoms with Gasteiger partial charge in [-0.3, -0.25) is 19.3 Å². The van der Waals surface area contributed by atoms with Gasteiger partial charge in [-0.2, -0.15) is 4.99 Å². The predicted octanol–water partition coefficient (Wildman–Crippen LogP) is 3.35. The van der Waals surface area contributed by atoms with Crippen molar-refractivity contribution in [3.05, 3.63) is 57.9 Å². The zero-order chi connectivity index (χ0) is 21.4. The highest BCUT2D eigenvalue weighted by molar-refractivity contribution is 7.16. The number of thiazole rings is 1. The minimum atomic E-state index is -0.410. The fourth-order valence-electron chi connectivity index (χ4n) is 3.68. The zero-order valence-electron chi connectivity index (χ0n) is 16.6. The number of aryl methyl sites for hydroxylation is 2. The number of terminal acetylenes is 1. The topological polar surface area (TPSA) is 71.7 Å². The van der Waals surface area contributed by atoms with E-state index in [4.69, 9.17) is 6.42 Å². The maximum Gasteiger partial charge on any atom is 0.279 e. The van der Waals surface area contributed by atoms with E-state index < -0.39 is 5.91 Å². The Labute approximate surface area is 177 Å². The van der Waals surface area contributed by atoms with Gasteiger partial charge >= 0.3 is 0 Å². The van der Waals surface area contributed by atoms with Gasteiger partial charge in [-0.25, -0.2) is 0 Å². The zero-order valence-corrected chi connectivity index (χ0v) is 17.5. The maximum atomic E-state index is 12.8. The van der Waals surface area contributed by atoms with Crippen LogP contribution in [0.4, 0.5) is 5.69 Å². The van der Waals surface area contributed by atoms with E-state index in [1.165, 1.54) is 11.3 Å². The molecule has 1 aromatic heterocycles. The summed E-state index contributed by atoms with van der Waals surface area (Å²) < 4.78 is 2.90. The molecular weight excluding hydrogens is 398 g/mol. The minimum Gasteiger partial charge on any atom is -0.304 e. The number of nitrogens with zero attached hydrogens (tertiary/aromatic N) is 3. The van der Waals surface area contributed by atoms with Gasteiger partial charge in [0.15, 0.2) is 4.80 Å². The van der Waals surface area contributed by atoms with Crippen LogP contribution in [0.3, 0.4) is 0 Å². The molecular formula is C23H19N3O3S. The SMILES string of the molecule is C#CCn1c(=NC(=O)c2ccc(N3C(=O)CCC3=O)cc2)sc2cc(C)cc(C)c21.